The number of aliphatic hydroxyl groups excluding tert-OH is 1. The van der Waals surface area contributed by atoms with Crippen LogP contribution in [0.3, 0.4) is 0 Å². The van der Waals surface area contributed by atoms with Crippen molar-refractivity contribution < 1.29 is 9.90 Å². The third-order valence-electron chi connectivity index (χ3n) is 4.02. The van der Waals surface area contributed by atoms with Crippen LogP contribution in [-0.2, 0) is 0 Å². The Morgan fingerprint density at radius 3 is 2.75 bits per heavy atom. The molecule has 0 aromatic heterocycles. The second kappa shape index (κ2) is 5.63. The van der Waals surface area contributed by atoms with E-state index in [1.54, 1.807) is 0 Å². The van der Waals surface area contributed by atoms with E-state index in [1.807, 2.05) is 42.5 Å². The first-order chi connectivity index (χ1) is 9.74. The van der Waals surface area contributed by atoms with Gasteiger partial charge in [-0.3, -0.25) is 4.79 Å². The minimum atomic E-state index is -0.276. The zero-order valence-corrected chi connectivity index (χ0v) is 11.4. The van der Waals surface area contributed by atoms with Crippen LogP contribution >= 0.6 is 0 Å². The number of aliphatic hydroxyl groups is 1. The Balaban J connectivity index is 1.82. The minimum absolute atomic E-state index is 0.0408. The van der Waals surface area contributed by atoms with Gasteiger partial charge in [0.15, 0.2) is 0 Å². The Kier molecular flexibility index (Phi) is 3.70. The van der Waals surface area contributed by atoms with E-state index in [1.165, 1.54) is 0 Å². The molecule has 0 aliphatic heterocycles. The second-order valence-corrected chi connectivity index (χ2v) is 5.52. The molecule has 2 atom stereocenters. The van der Waals surface area contributed by atoms with E-state index in [-0.39, 0.29) is 18.1 Å². The fourth-order valence-electron chi connectivity index (χ4n) is 2.98. The molecule has 2 unspecified atom stereocenters. The molecule has 0 heterocycles. The normalized spacial score (nSPS) is 22.6. The van der Waals surface area contributed by atoms with Gasteiger partial charge < -0.3 is 10.4 Å². The monoisotopic (exact) mass is 269 g/mol. The number of carbonyl (C=O) groups excluding carboxylic acids is 1. The molecule has 20 heavy (non-hydrogen) atoms. The van der Waals surface area contributed by atoms with E-state index in [0.29, 0.717) is 12.0 Å². The van der Waals surface area contributed by atoms with Gasteiger partial charge >= 0.3 is 0 Å². The number of nitrogens with one attached hydrogen (secondary N) is 1. The summed E-state index contributed by atoms with van der Waals surface area (Å²) < 4.78 is 0. The number of fused-ring (bicyclic) bond motifs is 1. The number of hydrogen-bond acceptors (Lipinski definition) is 2. The fourth-order valence-corrected chi connectivity index (χ4v) is 2.98. The summed E-state index contributed by atoms with van der Waals surface area (Å²) in [6.45, 7) is 0. The zero-order valence-electron chi connectivity index (χ0n) is 11.4. The molecule has 1 fully saturated rings. The van der Waals surface area contributed by atoms with Crippen molar-refractivity contribution >= 4 is 16.7 Å². The maximum Gasteiger partial charge on any atom is 0.252 e. The van der Waals surface area contributed by atoms with Crippen molar-refractivity contribution in [1.82, 2.24) is 5.32 Å². The number of amides is 1. The highest BCUT2D eigenvalue weighted by Crippen LogP contribution is 2.21. The molecular formula is C17H19NO2. The molecule has 3 nitrogen and oxygen atoms in total. The van der Waals surface area contributed by atoms with E-state index >= 15 is 0 Å². The molecule has 1 amide bonds. The van der Waals surface area contributed by atoms with Crippen LogP contribution in [0.15, 0.2) is 42.5 Å². The maximum absolute atomic E-state index is 12.4. The largest absolute Gasteiger partial charge is 0.393 e. The summed E-state index contributed by atoms with van der Waals surface area (Å²) in [4.78, 5) is 12.4. The van der Waals surface area contributed by atoms with Crippen LogP contribution in [0.4, 0.5) is 0 Å². The highest BCUT2D eigenvalue weighted by molar-refractivity contribution is 6.07. The van der Waals surface area contributed by atoms with E-state index in [2.05, 4.69) is 5.32 Å². The lowest BCUT2D eigenvalue weighted by atomic mass is 9.92. The van der Waals surface area contributed by atoms with Crippen molar-refractivity contribution in [2.75, 3.05) is 0 Å². The number of carbonyl (C=O) groups is 1. The summed E-state index contributed by atoms with van der Waals surface area (Å²) >= 11 is 0. The first-order valence-electron chi connectivity index (χ1n) is 7.21. The quantitative estimate of drug-likeness (QED) is 0.880. The van der Waals surface area contributed by atoms with Crippen LogP contribution in [0.5, 0.6) is 0 Å². The van der Waals surface area contributed by atoms with Crippen molar-refractivity contribution in [2.24, 2.45) is 0 Å². The Labute approximate surface area is 118 Å². The maximum atomic E-state index is 12.4. The summed E-state index contributed by atoms with van der Waals surface area (Å²) in [5.74, 6) is -0.0408. The Morgan fingerprint density at radius 1 is 1.10 bits per heavy atom. The van der Waals surface area contributed by atoms with E-state index < -0.39 is 0 Å². The lowest BCUT2D eigenvalue weighted by molar-refractivity contribution is 0.0851. The summed E-state index contributed by atoms with van der Waals surface area (Å²) in [5, 5.41) is 14.8. The standard InChI is InChI=1S/C17H19NO2/c19-14-8-4-7-13(11-14)18-17(20)16-10-3-6-12-5-1-2-9-15(12)16/h1-3,5-6,9-10,13-14,19H,4,7-8,11H2,(H,18,20). The highest BCUT2D eigenvalue weighted by Gasteiger charge is 2.22. The van der Waals surface area contributed by atoms with E-state index in [9.17, 15) is 9.90 Å². The summed E-state index contributed by atoms with van der Waals surface area (Å²) in [7, 11) is 0. The third-order valence-corrected chi connectivity index (χ3v) is 4.02. The molecule has 3 heteroatoms. The van der Waals surface area contributed by atoms with Crippen LogP contribution in [0.1, 0.15) is 36.0 Å². The zero-order chi connectivity index (χ0) is 13.9. The first-order valence-corrected chi connectivity index (χ1v) is 7.21. The molecule has 3 rings (SSSR count). The SMILES string of the molecule is O=C(NC1CCCC(O)C1)c1cccc2ccccc12. The molecule has 0 spiro atoms. The van der Waals surface area contributed by atoms with Crippen molar-refractivity contribution in [3.63, 3.8) is 0 Å². The van der Waals surface area contributed by atoms with Crippen molar-refractivity contribution in [1.29, 1.82) is 0 Å². The second-order valence-electron chi connectivity index (χ2n) is 5.52. The molecule has 104 valence electrons. The average Bonchev–Trinajstić information content (AvgIpc) is 2.46. The molecule has 1 saturated carbocycles. The van der Waals surface area contributed by atoms with Crippen LogP contribution in [-0.4, -0.2) is 23.2 Å². The number of hydrogen-bond donors (Lipinski definition) is 2. The predicted octanol–water partition coefficient (Wildman–Crippen LogP) is 2.87. The van der Waals surface area contributed by atoms with Crippen LogP contribution in [0, 0.1) is 0 Å². The Hall–Kier alpha value is -1.87. The van der Waals surface area contributed by atoms with Gasteiger partial charge in [-0.15, -0.1) is 0 Å². The van der Waals surface area contributed by atoms with Gasteiger partial charge in [-0.25, -0.2) is 0 Å². The number of benzene rings is 2. The smallest absolute Gasteiger partial charge is 0.252 e. The Bertz CT molecular complexity index is 618. The molecule has 2 aromatic rings. The summed E-state index contributed by atoms with van der Waals surface area (Å²) in [5.41, 5.74) is 0.711. The first kappa shape index (κ1) is 13.1. The molecule has 0 saturated heterocycles. The molecule has 0 radical (unpaired) electrons. The molecule has 1 aliphatic rings. The molecule has 2 aromatic carbocycles. The minimum Gasteiger partial charge on any atom is -0.393 e. The topological polar surface area (TPSA) is 49.3 Å². The highest BCUT2D eigenvalue weighted by atomic mass is 16.3. The van der Waals surface area contributed by atoms with E-state index in [0.717, 1.165) is 30.0 Å². The molecular weight excluding hydrogens is 250 g/mol. The lowest BCUT2D eigenvalue weighted by Crippen LogP contribution is -2.39. The number of rotatable bonds is 2. The van der Waals surface area contributed by atoms with Gasteiger partial charge in [0.05, 0.1) is 6.10 Å². The van der Waals surface area contributed by atoms with Gasteiger partial charge in [-0.05, 0) is 42.5 Å². The predicted molar refractivity (Wildman–Crippen MR) is 79.7 cm³/mol. The van der Waals surface area contributed by atoms with Gasteiger partial charge in [-0.1, -0.05) is 36.4 Å². The van der Waals surface area contributed by atoms with Gasteiger partial charge in [0.25, 0.3) is 5.91 Å². The van der Waals surface area contributed by atoms with Gasteiger partial charge in [0.1, 0.15) is 0 Å². The van der Waals surface area contributed by atoms with Gasteiger partial charge in [-0.2, -0.15) is 0 Å². The molecule has 0 bridgehead atoms. The lowest BCUT2D eigenvalue weighted by Gasteiger charge is -2.26. The van der Waals surface area contributed by atoms with Crippen LogP contribution < -0.4 is 5.32 Å². The van der Waals surface area contributed by atoms with Gasteiger partial charge in [0.2, 0.25) is 0 Å². The van der Waals surface area contributed by atoms with Crippen LogP contribution in [0.2, 0.25) is 0 Å². The molecule has 2 N–H and O–H groups in total. The average molecular weight is 269 g/mol. The van der Waals surface area contributed by atoms with E-state index in [4.69, 9.17) is 0 Å². The Morgan fingerprint density at radius 2 is 1.90 bits per heavy atom. The molecule has 1 aliphatic carbocycles. The third kappa shape index (κ3) is 2.68. The van der Waals surface area contributed by atoms with Crippen molar-refractivity contribution in [3.8, 4) is 0 Å². The summed E-state index contributed by atoms with van der Waals surface area (Å²) in [6.07, 6.45) is 3.16. The van der Waals surface area contributed by atoms with Crippen molar-refractivity contribution in [3.05, 3.63) is 48.0 Å². The van der Waals surface area contributed by atoms with Crippen molar-refractivity contribution in [2.45, 2.75) is 37.8 Å². The summed E-state index contributed by atoms with van der Waals surface area (Å²) in [6, 6.07) is 13.8. The van der Waals surface area contributed by atoms with Gasteiger partial charge in [0, 0.05) is 11.6 Å². The van der Waals surface area contributed by atoms with Crippen LogP contribution in [0.25, 0.3) is 10.8 Å². The fraction of sp³-hybridized carbons (Fsp3) is 0.353.